The highest BCUT2D eigenvalue weighted by atomic mass is 16.1. The summed E-state index contributed by atoms with van der Waals surface area (Å²) >= 11 is 0. The van der Waals surface area contributed by atoms with Crippen molar-refractivity contribution in [3.63, 3.8) is 0 Å². The number of ketones is 2. The van der Waals surface area contributed by atoms with E-state index in [4.69, 9.17) is 0 Å². The summed E-state index contributed by atoms with van der Waals surface area (Å²) in [6.07, 6.45) is 5.50. The average Bonchev–Trinajstić information content (AvgIpc) is 3.18. The highest BCUT2D eigenvalue weighted by Gasteiger charge is 2.31. The Hall–Kier alpha value is -2.23. The smallest absolute Gasteiger partial charge is 0.170 e. The maximum atomic E-state index is 12.4. The van der Waals surface area contributed by atoms with Gasteiger partial charge in [-0.1, -0.05) is 23.8 Å². The zero-order valence-corrected chi connectivity index (χ0v) is 12.1. The van der Waals surface area contributed by atoms with Gasteiger partial charge in [-0.25, -0.2) is 0 Å². The number of benzene rings is 1. The Morgan fingerprint density at radius 1 is 1.33 bits per heavy atom. The van der Waals surface area contributed by atoms with E-state index in [0.29, 0.717) is 12.1 Å². The predicted molar refractivity (Wildman–Crippen MR) is 79.2 cm³/mol. The standard InChI is InChI=1S/C17H18N2O2/c1-12-3-6-15(17(21)10-16(20)13-4-5-13)14(9-12)11-19-8-2-7-18-19/h2-3,6-9,13H,4-5,10-11H2,1H3. The Morgan fingerprint density at radius 2 is 2.14 bits per heavy atom. The average molecular weight is 282 g/mol. The Labute approximate surface area is 123 Å². The minimum Gasteiger partial charge on any atom is -0.299 e. The molecule has 0 radical (unpaired) electrons. The molecule has 0 bridgehead atoms. The van der Waals surface area contributed by atoms with E-state index in [-0.39, 0.29) is 23.9 Å². The number of aryl methyl sites for hydroxylation is 1. The third-order valence-electron chi connectivity index (χ3n) is 3.82. The van der Waals surface area contributed by atoms with E-state index in [1.54, 1.807) is 10.9 Å². The highest BCUT2D eigenvalue weighted by molar-refractivity contribution is 6.09. The summed E-state index contributed by atoms with van der Waals surface area (Å²) in [5.41, 5.74) is 2.67. The Bertz CT molecular complexity index is 670. The number of carbonyl (C=O) groups is 2. The molecule has 0 atom stereocenters. The van der Waals surface area contributed by atoms with Gasteiger partial charge in [0.15, 0.2) is 5.78 Å². The fourth-order valence-corrected chi connectivity index (χ4v) is 2.50. The molecule has 1 saturated carbocycles. The number of rotatable bonds is 6. The zero-order valence-electron chi connectivity index (χ0n) is 12.1. The molecule has 0 N–H and O–H groups in total. The molecule has 1 aromatic carbocycles. The summed E-state index contributed by atoms with van der Waals surface area (Å²) in [4.78, 5) is 24.2. The van der Waals surface area contributed by atoms with Crippen LogP contribution in [-0.4, -0.2) is 21.3 Å². The molecule has 0 spiro atoms. The van der Waals surface area contributed by atoms with Crippen LogP contribution in [0.4, 0.5) is 0 Å². The van der Waals surface area contributed by atoms with Crippen LogP contribution < -0.4 is 0 Å². The zero-order chi connectivity index (χ0) is 14.8. The van der Waals surface area contributed by atoms with Crippen LogP contribution in [0.1, 0.15) is 40.7 Å². The molecule has 1 aliphatic rings. The molecule has 2 aromatic rings. The van der Waals surface area contributed by atoms with Crippen LogP contribution in [0.5, 0.6) is 0 Å². The number of aromatic nitrogens is 2. The van der Waals surface area contributed by atoms with Gasteiger partial charge in [0.2, 0.25) is 0 Å². The molecule has 0 aliphatic heterocycles. The van der Waals surface area contributed by atoms with Crippen molar-refractivity contribution in [3.8, 4) is 0 Å². The maximum Gasteiger partial charge on any atom is 0.170 e. The normalized spacial score (nSPS) is 14.1. The third-order valence-corrected chi connectivity index (χ3v) is 3.82. The first-order chi connectivity index (χ1) is 10.1. The van der Waals surface area contributed by atoms with Crippen LogP contribution in [0, 0.1) is 12.8 Å². The first-order valence-electron chi connectivity index (χ1n) is 7.26. The molecule has 4 nitrogen and oxygen atoms in total. The van der Waals surface area contributed by atoms with E-state index in [9.17, 15) is 9.59 Å². The second-order valence-electron chi connectivity index (χ2n) is 5.70. The fraction of sp³-hybridized carbons (Fsp3) is 0.353. The van der Waals surface area contributed by atoms with Crippen LogP contribution in [0.25, 0.3) is 0 Å². The van der Waals surface area contributed by atoms with Gasteiger partial charge in [0.25, 0.3) is 0 Å². The molecule has 108 valence electrons. The van der Waals surface area contributed by atoms with E-state index >= 15 is 0 Å². The minimum atomic E-state index is -0.0749. The van der Waals surface area contributed by atoms with Crippen LogP contribution in [0.15, 0.2) is 36.7 Å². The largest absolute Gasteiger partial charge is 0.299 e. The van der Waals surface area contributed by atoms with Gasteiger partial charge in [-0.2, -0.15) is 5.10 Å². The van der Waals surface area contributed by atoms with Gasteiger partial charge in [-0.3, -0.25) is 14.3 Å². The third kappa shape index (κ3) is 3.27. The molecule has 0 saturated heterocycles. The SMILES string of the molecule is Cc1ccc(C(=O)CC(=O)C2CC2)c(Cn2cccn2)c1. The van der Waals surface area contributed by atoms with Crippen molar-refractivity contribution in [1.82, 2.24) is 9.78 Å². The van der Waals surface area contributed by atoms with Gasteiger partial charge in [0, 0.05) is 23.9 Å². The first-order valence-corrected chi connectivity index (χ1v) is 7.26. The van der Waals surface area contributed by atoms with Crippen molar-refractivity contribution >= 4 is 11.6 Å². The summed E-state index contributed by atoms with van der Waals surface area (Å²) in [6, 6.07) is 7.60. The molecule has 0 unspecified atom stereocenters. The lowest BCUT2D eigenvalue weighted by molar-refractivity contribution is -0.119. The topological polar surface area (TPSA) is 52.0 Å². The van der Waals surface area contributed by atoms with E-state index in [2.05, 4.69) is 5.10 Å². The van der Waals surface area contributed by atoms with Crippen LogP contribution >= 0.6 is 0 Å². The summed E-state index contributed by atoms with van der Waals surface area (Å²) < 4.78 is 1.79. The van der Waals surface area contributed by atoms with Crippen molar-refractivity contribution in [1.29, 1.82) is 0 Å². The van der Waals surface area contributed by atoms with Crippen molar-refractivity contribution in [3.05, 3.63) is 53.3 Å². The molecule has 1 fully saturated rings. The molecular weight excluding hydrogens is 264 g/mol. The van der Waals surface area contributed by atoms with Crippen LogP contribution in [0.2, 0.25) is 0 Å². The molecule has 21 heavy (non-hydrogen) atoms. The summed E-state index contributed by atoms with van der Waals surface area (Å²) in [5.74, 6) is 0.147. The molecule has 1 aromatic heterocycles. The van der Waals surface area contributed by atoms with E-state index in [1.165, 1.54) is 0 Å². The lowest BCUT2D eigenvalue weighted by atomic mass is 9.97. The van der Waals surface area contributed by atoms with E-state index in [1.807, 2.05) is 37.4 Å². The quantitative estimate of drug-likeness (QED) is 0.604. The molecule has 1 aliphatic carbocycles. The van der Waals surface area contributed by atoms with Gasteiger partial charge in [-0.05, 0) is 31.4 Å². The number of hydrogen-bond acceptors (Lipinski definition) is 3. The highest BCUT2D eigenvalue weighted by Crippen LogP contribution is 2.31. The predicted octanol–water partition coefficient (Wildman–Crippen LogP) is 2.79. The number of nitrogens with zero attached hydrogens (tertiary/aromatic N) is 2. The van der Waals surface area contributed by atoms with Gasteiger partial charge < -0.3 is 0 Å². The number of carbonyl (C=O) groups excluding carboxylic acids is 2. The molecule has 0 amide bonds. The second-order valence-corrected chi connectivity index (χ2v) is 5.70. The monoisotopic (exact) mass is 282 g/mol. The maximum absolute atomic E-state index is 12.4. The molecular formula is C17H18N2O2. The lowest BCUT2D eigenvalue weighted by Gasteiger charge is -2.10. The summed E-state index contributed by atoms with van der Waals surface area (Å²) in [5, 5.41) is 4.18. The van der Waals surface area contributed by atoms with Crippen molar-refractivity contribution < 1.29 is 9.59 Å². The molecule has 4 heteroatoms. The summed E-state index contributed by atoms with van der Waals surface area (Å²) in [7, 11) is 0. The Kier molecular flexibility index (Phi) is 3.69. The van der Waals surface area contributed by atoms with Gasteiger partial charge >= 0.3 is 0 Å². The molecule has 1 heterocycles. The number of hydrogen-bond donors (Lipinski definition) is 0. The second kappa shape index (κ2) is 5.64. The Morgan fingerprint density at radius 3 is 2.81 bits per heavy atom. The van der Waals surface area contributed by atoms with Crippen LogP contribution in [-0.2, 0) is 11.3 Å². The van der Waals surface area contributed by atoms with Gasteiger partial charge in [0.1, 0.15) is 5.78 Å². The van der Waals surface area contributed by atoms with Gasteiger partial charge in [0.05, 0.1) is 13.0 Å². The Balaban J connectivity index is 1.82. The fourth-order valence-electron chi connectivity index (χ4n) is 2.50. The number of Topliss-reactive ketones (excluding diaryl/α,β-unsaturated/α-hetero) is 2. The lowest BCUT2D eigenvalue weighted by Crippen LogP contribution is -2.13. The summed E-state index contributed by atoms with van der Waals surface area (Å²) in [6.45, 7) is 2.55. The van der Waals surface area contributed by atoms with Crippen molar-refractivity contribution in [2.45, 2.75) is 32.7 Å². The van der Waals surface area contributed by atoms with E-state index < -0.39 is 0 Å². The minimum absolute atomic E-state index is 0.0276. The van der Waals surface area contributed by atoms with E-state index in [0.717, 1.165) is 24.0 Å². The first kappa shape index (κ1) is 13.7. The van der Waals surface area contributed by atoms with Crippen LogP contribution in [0.3, 0.4) is 0 Å². The van der Waals surface area contributed by atoms with Gasteiger partial charge in [-0.15, -0.1) is 0 Å². The van der Waals surface area contributed by atoms with Crippen molar-refractivity contribution in [2.24, 2.45) is 5.92 Å². The molecule has 3 rings (SSSR count). The van der Waals surface area contributed by atoms with Crippen molar-refractivity contribution in [2.75, 3.05) is 0 Å².